The molecule has 1 fully saturated rings. The van der Waals surface area contributed by atoms with Crippen molar-refractivity contribution >= 4 is 11.9 Å². The van der Waals surface area contributed by atoms with Crippen LogP contribution in [0.5, 0.6) is 0 Å². The van der Waals surface area contributed by atoms with Crippen LogP contribution in [0, 0.1) is 0 Å². The molecule has 2 N–H and O–H groups in total. The van der Waals surface area contributed by atoms with Gasteiger partial charge in [-0.15, -0.1) is 0 Å². The Bertz CT molecular complexity index is 734. The van der Waals surface area contributed by atoms with Gasteiger partial charge in [-0.2, -0.15) is 0 Å². The van der Waals surface area contributed by atoms with E-state index in [1.165, 1.54) is 0 Å². The standard InChI is InChI=1S/C17H16N2O3/c20-16-12-5-2-1-4-11(12)14(17(21)22)15(13-6-3-9-18-13)19(16)10-7-8-10/h1-6,9-10,14-15,18H,7-8H2,(H,21,22). The summed E-state index contributed by atoms with van der Waals surface area (Å²) in [6.45, 7) is 0. The first-order valence-corrected chi connectivity index (χ1v) is 7.46. The molecule has 2 aliphatic rings. The number of nitrogens with zero attached hydrogens (tertiary/aromatic N) is 1. The van der Waals surface area contributed by atoms with Crippen molar-refractivity contribution in [3.63, 3.8) is 0 Å². The number of fused-ring (bicyclic) bond motifs is 1. The molecule has 2 aromatic rings. The second kappa shape index (κ2) is 4.73. The molecule has 112 valence electrons. The number of aromatic amines is 1. The fourth-order valence-corrected chi connectivity index (χ4v) is 3.43. The molecule has 2 atom stereocenters. The van der Waals surface area contributed by atoms with Gasteiger partial charge in [0.2, 0.25) is 0 Å². The molecule has 2 unspecified atom stereocenters. The highest BCUT2D eigenvalue weighted by Crippen LogP contribution is 2.47. The number of H-pyrrole nitrogens is 1. The molecule has 22 heavy (non-hydrogen) atoms. The molecule has 1 aromatic heterocycles. The number of rotatable bonds is 3. The molecule has 4 rings (SSSR count). The number of benzene rings is 1. The van der Waals surface area contributed by atoms with Crippen molar-refractivity contribution in [3.05, 3.63) is 59.4 Å². The van der Waals surface area contributed by atoms with Crippen LogP contribution in [-0.4, -0.2) is 32.9 Å². The lowest BCUT2D eigenvalue weighted by Gasteiger charge is -2.40. The minimum Gasteiger partial charge on any atom is -0.481 e. The second-order valence-corrected chi connectivity index (χ2v) is 5.92. The van der Waals surface area contributed by atoms with E-state index in [4.69, 9.17) is 0 Å². The first kappa shape index (κ1) is 13.1. The van der Waals surface area contributed by atoms with Gasteiger partial charge in [-0.05, 0) is 36.6 Å². The van der Waals surface area contributed by atoms with Crippen molar-refractivity contribution < 1.29 is 14.7 Å². The van der Waals surface area contributed by atoms with Gasteiger partial charge in [0.15, 0.2) is 0 Å². The number of nitrogens with one attached hydrogen (secondary N) is 1. The Labute approximate surface area is 127 Å². The van der Waals surface area contributed by atoms with Crippen LogP contribution in [0.2, 0.25) is 0 Å². The van der Waals surface area contributed by atoms with E-state index in [1.54, 1.807) is 35.4 Å². The zero-order valence-electron chi connectivity index (χ0n) is 11.9. The van der Waals surface area contributed by atoms with Gasteiger partial charge in [0.05, 0.1) is 6.04 Å². The van der Waals surface area contributed by atoms with Crippen LogP contribution in [0.3, 0.4) is 0 Å². The van der Waals surface area contributed by atoms with Crippen LogP contribution in [0.25, 0.3) is 0 Å². The number of hydrogen-bond donors (Lipinski definition) is 2. The number of carboxylic acid groups (broad SMARTS) is 1. The Kier molecular flexibility index (Phi) is 2.82. The molecule has 2 heterocycles. The summed E-state index contributed by atoms with van der Waals surface area (Å²) in [5.74, 6) is -1.70. The number of aromatic nitrogens is 1. The summed E-state index contributed by atoms with van der Waals surface area (Å²) in [7, 11) is 0. The molecular formula is C17H16N2O3. The molecule has 1 aliphatic heterocycles. The topological polar surface area (TPSA) is 73.4 Å². The van der Waals surface area contributed by atoms with Gasteiger partial charge in [-0.3, -0.25) is 9.59 Å². The number of hydrogen-bond acceptors (Lipinski definition) is 2. The predicted octanol–water partition coefficient (Wildman–Crippen LogP) is 2.54. The first-order chi connectivity index (χ1) is 10.7. The van der Waals surface area contributed by atoms with E-state index in [2.05, 4.69) is 4.98 Å². The molecular weight excluding hydrogens is 280 g/mol. The number of carbonyl (C=O) groups is 2. The Hall–Kier alpha value is -2.56. The van der Waals surface area contributed by atoms with E-state index in [0.717, 1.165) is 18.5 Å². The predicted molar refractivity (Wildman–Crippen MR) is 79.5 cm³/mol. The molecule has 0 bridgehead atoms. The third-order valence-corrected chi connectivity index (χ3v) is 4.52. The minimum atomic E-state index is -0.898. The van der Waals surface area contributed by atoms with Gasteiger partial charge in [-0.1, -0.05) is 18.2 Å². The molecule has 1 amide bonds. The Morgan fingerprint density at radius 3 is 2.59 bits per heavy atom. The number of carboxylic acids is 1. The summed E-state index contributed by atoms with van der Waals surface area (Å²) in [4.78, 5) is 29.7. The van der Waals surface area contributed by atoms with E-state index in [-0.39, 0.29) is 11.9 Å². The van der Waals surface area contributed by atoms with Gasteiger partial charge in [0.1, 0.15) is 5.92 Å². The average molecular weight is 296 g/mol. The third kappa shape index (κ3) is 1.85. The average Bonchev–Trinajstić information content (AvgIpc) is 3.20. The third-order valence-electron chi connectivity index (χ3n) is 4.52. The van der Waals surface area contributed by atoms with Crippen LogP contribution in [-0.2, 0) is 4.79 Å². The zero-order valence-corrected chi connectivity index (χ0v) is 11.9. The molecule has 5 heteroatoms. The summed E-state index contributed by atoms with van der Waals surface area (Å²) in [5, 5.41) is 9.81. The monoisotopic (exact) mass is 296 g/mol. The largest absolute Gasteiger partial charge is 0.481 e. The quantitative estimate of drug-likeness (QED) is 0.914. The number of aliphatic carboxylic acids is 1. The smallest absolute Gasteiger partial charge is 0.313 e. The summed E-state index contributed by atoms with van der Waals surface area (Å²) < 4.78 is 0. The van der Waals surface area contributed by atoms with Crippen molar-refractivity contribution in [1.29, 1.82) is 0 Å². The fraction of sp³-hybridized carbons (Fsp3) is 0.294. The summed E-state index contributed by atoms with van der Waals surface area (Å²) in [5.41, 5.74) is 1.91. The number of carbonyl (C=O) groups excluding carboxylic acids is 1. The number of amides is 1. The van der Waals surface area contributed by atoms with Crippen molar-refractivity contribution in [2.75, 3.05) is 0 Å². The van der Waals surface area contributed by atoms with Crippen LogP contribution in [0.4, 0.5) is 0 Å². The van der Waals surface area contributed by atoms with Crippen molar-refractivity contribution in [2.45, 2.75) is 30.8 Å². The Balaban J connectivity index is 1.93. The normalized spacial score (nSPS) is 24.2. The summed E-state index contributed by atoms with van der Waals surface area (Å²) in [6.07, 6.45) is 3.65. The lowest BCUT2D eigenvalue weighted by Crippen LogP contribution is -2.46. The molecule has 0 radical (unpaired) electrons. The first-order valence-electron chi connectivity index (χ1n) is 7.46. The lowest BCUT2D eigenvalue weighted by atomic mass is 9.81. The fourth-order valence-electron chi connectivity index (χ4n) is 3.43. The SMILES string of the molecule is O=C(O)C1c2ccccc2C(=O)N(C2CC2)C1c1ccc[nH]1. The van der Waals surface area contributed by atoms with E-state index < -0.39 is 17.9 Å². The second-order valence-electron chi connectivity index (χ2n) is 5.92. The molecule has 0 spiro atoms. The maximum absolute atomic E-state index is 12.9. The zero-order chi connectivity index (χ0) is 15.3. The van der Waals surface area contributed by atoms with E-state index in [9.17, 15) is 14.7 Å². The van der Waals surface area contributed by atoms with Gasteiger partial charge < -0.3 is 15.0 Å². The maximum Gasteiger partial charge on any atom is 0.313 e. The molecule has 1 aliphatic carbocycles. The lowest BCUT2D eigenvalue weighted by molar-refractivity contribution is -0.140. The highest BCUT2D eigenvalue weighted by Gasteiger charge is 2.49. The van der Waals surface area contributed by atoms with Crippen LogP contribution < -0.4 is 0 Å². The molecule has 1 aromatic carbocycles. The van der Waals surface area contributed by atoms with Gasteiger partial charge in [0, 0.05) is 23.5 Å². The maximum atomic E-state index is 12.9. The Morgan fingerprint density at radius 1 is 1.18 bits per heavy atom. The molecule has 1 saturated carbocycles. The summed E-state index contributed by atoms with van der Waals surface area (Å²) in [6, 6.07) is 10.4. The van der Waals surface area contributed by atoms with Gasteiger partial charge in [-0.25, -0.2) is 0 Å². The molecule has 5 nitrogen and oxygen atoms in total. The summed E-state index contributed by atoms with van der Waals surface area (Å²) >= 11 is 0. The van der Waals surface area contributed by atoms with Gasteiger partial charge in [0.25, 0.3) is 5.91 Å². The molecule has 0 saturated heterocycles. The van der Waals surface area contributed by atoms with E-state index >= 15 is 0 Å². The van der Waals surface area contributed by atoms with Crippen LogP contribution in [0.1, 0.15) is 46.4 Å². The van der Waals surface area contributed by atoms with E-state index in [0.29, 0.717) is 11.1 Å². The highest BCUT2D eigenvalue weighted by atomic mass is 16.4. The van der Waals surface area contributed by atoms with Crippen LogP contribution in [0.15, 0.2) is 42.6 Å². The Morgan fingerprint density at radius 2 is 1.95 bits per heavy atom. The highest BCUT2D eigenvalue weighted by molar-refractivity contribution is 6.00. The van der Waals surface area contributed by atoms with Crippen LogP contribution >= 0.6 is 0 Å². The van der Waals surface area contributed by atoms with Gasteiger partial charge >= 0.3 is 5.97 Å². The van der Waals surface area contributed by atoms with Crippen molar-refractivity contribution in [2.24, 2.45) is 0 Å². The minimum absolute atomic E-state index is 0.0600. The van der Waals surface area contributed by atoms with E-state index in [1.807, 2.05) is 12.1 Å². The van der Waals surface area contributed by atoms with Crippen molar-refractivity contribution in [3.8, 4) is 0 Å². The van der Waals surface area contributed by atoms with Crippen molar-refractivity contribution in [1.82, 2.24) is 9.88 Å².